The standard InChI is InChI=1S/C18H25BrN4O3/c1-25-9-8-22-6-4-14(5-7-22)10-20-18(24)17-3-2-16(26-17)13-23-12-15(19)11-21-23/h2-3,11-12,14H,4-10,13H2,1H3,(H,20,24). The first-order chi connectivity index (χ1) is 12.6. The number of hydrogen-bond acceptors (Lipinski definition) is 5. The third-order valence-electron chi connectivity index (χ3n) is 4.68. The summed E-state index contributed by atoms with van der Waals surface area (Å²) in [4.78, 5) is 14.7. The number of carbonyl (C=O) groups excluding carboxylic acids is 1. The number of aromatic nitrogens is 2. The third-order valence-corrected chi connectivity index (χ3v) is 5.08. The number of furan rings is 1. The number of halogens is 1. The quantitative estimate of drug-likeness (QED) is 0.703. The number of nitrogens with one attached hydrogen (secondary N) is 1. The molecule has 0 bridgehead atoms. The van der Waals surface area contributed by atoms with E-state index in [0.29, 0.717) is 30.5 Å². The average Bonchev–Trinajstić information content (AvgIpc) is 3.28. The lowest BCUT2D eigenvalue weighted by Crippen LogP contribution is -2.39. The molecule has 2 aromatic heterocycles. The van der Waals surface area contributed by atoms with Crippen molar-refractivity contribution in [3.63, 3.8) is 0 Å². The Bertz CT molecular complexity index is 707. The van der Waals surface area contributed by atoms with Gasteiger partial charge in [0.1, 0.15) is 5.76 Å². The highest BCUT2D eigenvalue weighted by Gasteiger charge is 2.20. The van der Waals surface area contributed by atoms with Gasteiger partial charge in [-0.3, -0.25) is 9.48 Å². The maximum absolute atomic E-state index is 12.3. The van der Waals surface area contributed by atoms with Crippen LogP contribution < -0.4 is 5.32 Å². The van der Waals surface area contributed by atoms with Crippen molar-refractivity contribution < 1.29 is 13.9 Å². The molecule has 1 aliphatic heterocycles. The van der Waals surface area contributed by atoms with Crippen LogP contribution in [0.25, 0.3) is 0 Å². The van der Waals surface area contributed by atoms with Gasteiger partial charge >= 0.3 is 0 Å². The Morgan fingerprint density at radius 1 is 1.42 bits per heavy atom. The Balaban J connectivity index is 1.41. The maximum atomic E-state index is 12.3. The van der Waals surface area contributed by atoms with E-state index in [2.05, 4.69) is 31.2 Å². The molecule has 2 aromatic rings. The van der Waals surface area contributed by atoms with Crippen molar-refractivity contribution in [2.24, 2.45) is 5.92 Å². The first-order valence-electron chi connectivity index (χ1n) is 8.90. The molecule has 142 valence electrons. The van der Waals surface area contributed by atoms with E-state index in [1.807, 2.05) is 12.3 Å². The molecule has 0 unspecified atom stereocenters. The first kappa shape index (κ1) is 19.1. The van der Waals surface area contributed by atoms with Gasteiger partial charge in [-0.05, 0) is 59.9 Å². The Kier molecular flexibility index (Phi) is 6.87. The van der Waals surface area contributed by atoms with Crippen LogP contribution in [0.5, 0.6) is 0 Å². The van der Waals surface area contributed by atoms with E-state index in [9.17, 15) is 4.79 Å². The lowest BCUT2D eigenvalue weighted by molar-refractivity contribution is 0.0897. The predicted octanol–water partition coefficient (Wildman–Crippen LogP) is 2.38. The fourth-order valence-electron chi connectivity index (χ4n) is 3.13. The summed E-state index contributed by atoms with van der Waals surface area (Å²) in [6, 6.07) is 3.54. The van der Waals surface area contributed by atoms with Crippen LogP contribution in [0, 0.1) is 5.92 Å². The van der Waals surface area contributed by atoms with Crippen LogP contribution in [0.1, 0.15) is 29.2 Å². The van der Waals surface area contributed by atoms with Crippen LogP contribution in [-0.2, 0) is 11.3 Å². The molecule has 1 aliphatic rings. The fourth-order valence-corrected chi connectivity index (χ4v) is 3.46. The molecule has 1 N–H and O–H groups in total. The van der Waals surface area contributed by atoms with Crippen LogP contribution in [0.15, 0.2) is 33.4 Å². The van der Waals surface area contributed by atoms with Crippen molar-refractivity contribution in [3.8, 4) is 0 Å². The number of amides is 1. The Morgan fingerprint density at radius 3 is 2.92 bits per heavy atom. The second-order valence-electron chi connectivity index (χ2n) is 6.61. The monoisotopic (exact) mass is 424 g/mol. The lowest BCUT2D eigenvalue weighted by Gasteiger charge is -2.31. The van der Waals surface area contributed by atoms with Crippen molar-refractivity contribution in [2.45, 2.75) is 19.4 Å². The molecule has 1 amide bonds. The molecule has 8 heteroatoms. The third kappa shape index (κ3) is 5.43. The van der Waals surface area contributed by atoms with Crippen molar-refractivity contribution in [1.82, 2.24) is 20.0 Å². The zero-order valence-electron chi connectivity index (χ0n) is 15.0. The van der Waals surface area contributed by atoms with Gasteiger partial charge in [-0.15, -0.1) is 0 Å². The first-order valence-corrected chi connectivity index (χ1v) is 9.69. The fraction of sp³-hybridized carbons (Fsp3) is 0.556. The van der Waals surface area contributed by atoms with Crippen molar-refractivity contribution in [3.05, 3.63) is 40.5 Å². The van der Waals surface area contributed by atoms with Crippen LogP contribution in [0.4, 0.5) is 0 Å². The number of likely N-dealkylation sites (tertiary alicyclic amines) is 1. The summed E-state index contributed by atoms with van der Waals surface area (Å²) in [6.45, 7) is 5.08. The van der Waals surface area contributed by atoms with E-state index in [4.69, 9.17) is 9.15 Å². The smallest absolute Gasteiger partial charge is 0.287 e. The Hall–Kier alpha value is -1.64. The number of rotatable bonds is 8. The van der Waals surface area contributed by atoms with E-state index in [-0.39, 0.29) is 5.91 Å². The van der Waals surface area contributed by atoms with Gasteiger partial charge in [0, 0.05) is 26.4 Å². The molecule has 0 aliphatic carbocycles. The number of hydrogen-bond donors (Lipinski definition) is 1. The summed E-state index contributed by atoms with van der Waals surface area (Å²) in [6.07, 6.45) is 5.78. The van der Waals surface area contributed by atoms with Gasteiger partial charge in [0.05, 0.1) is 23.8 Å². The van der Waals surface area contributed by atoms with E-state index in [1.165, 1.54) is 0 Å². The van der Waals surface area contributed by atoms with Crippen molar-refractivity contribution >= 4 is 21.8 Å². The van der Waals surface area contributed by atoms with E-state index >= 15 is 0 Å². The van der Waals surface area contributed by atoms with Gasteiger partial charge in [0.15, 0.2) is 5.76 Å². The van der Waals surface area contributed by atoms with E-state index < -0.39 is 0 Å². The predicted molar refractivity (Wildman–Crippen MR) is 101 cm³/mol. The van der Waals surface area contributed by atoms with Crippen LogP contribution in [0.3, 0.4) is 0 Å². The van der Waals surface area contributed by atoms with Crippen LogP contribution in [-0.4, -0.2) is 60.5 Å². The molecular weight excluding hydrogens is 400 g/mol. The van der Waals surface area contributed by atoms with Crippen molar-refractivity contribution in [2.75, 3.05) is 39.9 Å². The molecule has 0 aromatic carbocycles. The van der Waals surface area contributed by atoms with Gasteiger partial charge in [-0.1, -0.05) is 0 Å². The molecule has 0 saturated carbocycles. The topological polar surface area (TPSA) is 72.5 Å². The summed E-state index contributed by atoms with van der Waals surface area (Å²) in [5.74, 6) is 1.43. The number of ether oxygens (including phenoxy) is 1. The zero-order chi connectivity index (χ0) is 18.4. The summed E-state index contributed by atoms with van der Waals surface area (Å²) in [7, 11) is 1.73. The van der Waals surface area contributed by atoms with Crippen LogP contribution >= 0.6 is 15.9 Å². The minimum Gasteiger partial charge on any atom is -0.454 e. The van der Waals surface area contributed by atoms with Gasteiger partial charge in [0.25, 0.3) is 5.91 Å². The van der Waals surface area contributed by atoms with Crippen molar-refractivity contribution in [1.29, 1.82) is 0 Å². The van der Waals surface area contributed by atoms with Gasteiger partial charge in [-0.2, -0.15) is 5.10 Å². The summed E-state index contributed by atoms with van der Waals surface area (Å²) < 4.78 is 13.4. The highest BCUT2D eigenvalue weighted by molar-refractivity contribution is 9.10. The van der Waals surface area contributed by atoms with E-state index in [1.54, 1.807) is 24.1 Å². The summed E-state index contributed by atoms with van der Waals surface area (Å²) in [5, 5.41) is 7.19. The molecule has 1 saturated heterocycles. The maximum Gasteiger partial charge on any atom is 0.287 e. The molecule has 3 rings (SSSR count). The average molecular weight is 425 g/mol. The molecule has 3 heterocycles. The second kappa shape index (κ2) is 9.34. The minimum absolute atomic E-state index is 0.153. The molecule has 26 heavy (non-hydrogen) atoms. The van der Waals surface area contributed by atoms with Gasteiger partial charge in [0.2, 0.25) is 0 Å². The second-order valence-corrected chi connectivity index (χ2v) is 7.53. The van der Waals surface area contributed by atoms with E-state index in [0.717, 1.165) is 43.6 Å². The van der Waals surface area contributed by atoms with Gasteiger partial charge < -0.3 is 19.4 Å². The Morgan fingerprint density at radius 2 is 2.23 bits per heavy atom. The molecule has 0 spiro atoms. The zero-order valence-corrected chi connectivity index (χ0v) is 16.6. The molecular formula is C18H25BrN4O3. The highest BCUT2D eigenvalue weighted by Crippen LogP contribution is 2.17. The molecule has 0 atom stereocenters. The molecule has 7 nitrogen and oxygen atoms in total. The summed E-state index contributed by atoms with van der Waals surface area (Å²) in [5.41, 5.74) is 0. The van der Waals surface area contributed by atoms with Gasteiger partial charge in [-0.25, -0.2) is 0 Å². The van der Waals surface area contributed by atoms with Crippen LogP contribution in [0.2, 0.25) is 0 Å². The largest absolute Gasteiger partial charge is 0.454 e. The lowest BCUT2D eigenvalue weighted by atomic mass is 9.97. The summed E-state index contributed by atoms with van der Waals surface area (Å²) >= 11 is 3.36. The Labute approximate surface area is 161 Å². The number of methoxy groups -OCH3 is 1. The number of piperidine rings is 1. The number of nitrogens with zero attached hydrogens (tertiary/aromatic N) is 3. The highest BCUT2D eigenvalue weighted by atomic mass is 79.9. The number of carbonyl (C=O) groups is 1. The minimum atomic E-state index is -0.153. The SMILES string of the molecule is COCCN1CCC(CNC(=O)c2ccc(Cn3cc(Br)cn3)o2)CC1. The normalized spacial score (nSPS) is 16.1. The molecule has 0 radical (unpaired) electrons. The molecule has 1 fully saturated rings.